The number of ether oxygens (including phenoxy) is 1. The van der Waals surface area contributed by atoms with Gasteiger partial charge in [0.05, 0.1) is 22.9 Å². The van der Waals surface area contributed by atoms with Gasteiger partial charge in [-0.25, -0.2) is 9.78 Å². The van der Waals surface area contributed by atoms with Crippen molar-refractivity contribution in [2.75, 3.05) is 12.4 Å². The van der Waals surface area contributed by atoms with Crippen LogP contribution in [0.25, 0.3) is 16.3 Å². The minimum Gasteiger partial charge on any atom is -0.465 e. The van der Waals surface area contributed by atoms with Crippen molar-refractivity contribution >= 4 is 56.2 Å². The van der Waals surface area contributed by atoms with Crippen molar-refractivity contribution in [2.45, 2.75) is 0 Å². The summed E-state index contributed by atoms with van der Waals surface area (Å²) in [7, 11) is 1.33. The number of fused-ring (bicyclic) bond motifs is 1. The Morgan fingerprint density at radius 2 is 2.04 bits per heavy atom. The molecule has 1 heterocycles. The monoisotopic (exact) mass is 372 g/mol. The third-order valence-corrected chi connectivity index (χ3v) is 4.64. The molecule has 0 aliphatic heterocycles. The van der Waals surface area contributed by atoms with Gasteiger partial charge in [-0.2, -0.15) is 0 Å². The largest absolute Gasteiger partial charge is 0.465 e. The van der Waals surface area contributed by atoms with E-state index in [4.69, 9.17) is 16.3 Å². The van der Waals surface area contributed by atoms with Gasteiger partial charge in [0, 0.05) is 11.1 Å². The van der Waals surface area contributed by atoms with E-state index in [1.165, 1.54) is 24.5 Å². The molecule has 0 saturated heterocycles. The summed E-state index contributed by atoms with van der Waals surface area (Å²) in [4.78, 5) is 27.9. The van der Waals surface area contributed by atoms with Crippen molar-refractivity contribution in [3.63, 3.8) is 0 Å². The summed E-state index contributed by atoms with van der Waals surface area (Å²) in [5, 5.41) is 3.73. The van der Waals surface area contributed by atoms with Gasteiger partial charge in [0.1, 0.15) is 0 Å². The Hall–Kier alpha value is -2.70. The average Bonchev–Trinajstić information content (AvgIpc) is 3.01. The van der Waals surface area contributed by atoms with Crippen LogP contribution in [0.15, 0.2) is 48.5 Å². The number of methoxy groups -OCH3 is 1. The van der Waals surface area contributed by atoms with Crippen LogP contribution in [0.3, 0.4) is 0 Å². The van der Waals surface area contributed by atoms with Crippen LogP contribution >= 0.6 is 22.9 Å². The lowest BCUT2D eigenvalue weighted by molar-refractivity contribution is -0.111. The lowest BCUT2D eigenvalue weighted by Crippen LogP contribution is -2.07. The van der Waals surface area contributed by atoms with E-state index in [9.17, 15) is 9.59 Å². The molecule has 3 aromatic rings. The highest BCUT2D eigenvalue weighted by molar-refractivity contribution is 7.22. The van der Waals surface area contributed by atoms with E-state index < -0.39 is 5.97 Å². The SMILES string of the molecule is COC(=O)c1ccc2nc(NC(=O)/C=C/c3ccccc3Cl)sc2c1. The molecule has 1 N–H and O–H groups in total. The lowest BCUT2D eigenvalue weighted by Gasteiger charge is -1.97. The number of anilines is 1. The molecular formula is C18H13ClN2O3S. The molecule has 0 bridgehead atoms. The maximum absolute atomic E-state index is 12.0. The first kappa shape index (κ1) is 17.1. The highest BCUT2D eigenvalue weighted by Crippen LogP contribution is 2.27. The van der Waals surface area contributed by atoms with Gasteiger partial charge < -0.3 is 4.74 Å². The third-order valence-electron chi connectivity index (χ3n) is 3.36. The molecule has 5 nitrogen and oxygen atoms in total. The summed E-state index contributed by atoms with van der Waals surface area (Å²) in [6.45, 7) is 0. The van der Waals surface area contributed by atoms with Gasteiger partial charge >= 0.3 is 5.97 Å². The van der Waals surface area contributed by atoms with Gasteiger partial charge in [0.15, 0.2) is 5.13 Å². The maximum atomic E-state index is 12.0. The summed E-state index contributed by atoms with van der Waals surface area (Å²) < 4.78 is 5.48. The summed E-state index contributed by atoms with van der Waals surface area (Å²) in [6.07, 6.45) is 3.04. The molecule has 1 aromatic heterocycles. The van der Waals surface area contributed by atoms with E-state index in [1.807, 2.05) is 18.2 Å². The number of thiazole rings is 1. The molecule has 3 rings (SSSR count). The van der Waals surface area contributed by atoms with Crippen molar-refractivity contribution in [3.05, 3.63) is 64.7 Å². The van der Waals surface area contributed by atoms with Crippen molar-refractivity contribution in [1.82, 2.24) is 4.98 Å². The predicted molar refractivity (Wildman–Crippen MR) is 100 cm³/mol. The maximum Gasteiger partial charge on any atom is 0.337 e. The molecule has 0 radical (unpaired) electrons. The van der Waals surface area contributed by atoms with Crippen LogP contribution in [-0.2, 0) is 9.53 Å². The van der Waals surface area contributed by atoms with Gasteiger partial charge in [0.2, 0.25) is 5.91 Å². The Morgan fingerprint density at radius 3 is 2.80 bits per heavy atom. The van der Waals surface area contributed by atoms with Crippen LogP contribution in [0.2, 0.25) is 5.02 Å². The first-order valence-corrected chi connectivity index (χ1v) is 8.49. The Kier molecular flexibility index (Phi) is 5.11. The number of carbonyl (C=O) groups excluding carboxylic acids is 2. The highest BCUT2D eigenvalue weighted by Gasteiger charge is 2.10. The fourth-order valence-corrected chi connectivity index (χ4v) is 3.25. The van der Waals surface area contributed by atoms with Crippen LogP contribution in [0.4, 0.5) is 5.13 Å². The number of rotatable bonds is 4. The Bertz CT molecular complexity index is 981. The smallest absolute Gasteiger partial charge is 0.337 e. The van der Waals surface area contributed by atoms with E-state index in [0.29, 0.717) is 21.2 Å². The Labute approximate surface area is 152 Å². The molecule has 7 heteroatoms. The number of nitrogens with one attached hydrogen (secondary N) is 1. The van der Waals surface area contributed by atoms with Crippen LogP contribution in [0.1, 0.15) is 15.9 Å². The van der Waals surface area contributed by atoms with E-state index in [1.54, 1.807) is 30.3 Å². The highest BCUT2D eigenvalue weighted by atomic mass is 35.5. The number of esters is 1. The minimum atomic E-state index is -0.413. The number of carbonyl (C=O) groups is 2. The van der Waals surface area contributed by atoms with Crippen LogP contribution in [-0.4, -0.2) is 24.0 Å². The van der Waals surface area contributed by atoms with E-state index >= 15 is 0 Å². The molecule has 25 heavy (non-hydrogen) atoms. The number of benzene rings is 2. The van der Waals surface area contributed by atoms with Crippen molar-refractivity contribution in [3.8, 4) is 0 Å². The number of hydrogen-bond donors (Lipinski definition) is 1. The number of amides is 1. The molecule has 0 spiro atoms. The van der Waals surface area contributed by atoms with Crippen LogP contribution in [0, 0.1) is 0 Å². The fourth-order valence-electron chi connectivity index (χ4n) is 2.15. The zero-order valence-electron chi connectivity index (χ0n) is 13.2. The normalized spacial score (nSPS) is 11.0. The van der Waals surface area contributed by atoms with Gasteiger partial charge in [0.25, 0.3) is 0 Å². The zero-order valence-corrected chi connectivity index (χ0v) is 14.7. The molecule has 126 valence electrons. The summed E-state index contributed by atoms with van der Waals surface area (Å²) in [5.74, 6) is -0.726. The second kappa shape index (κ2) is 7.46. The van der Waals surface area contributed by atoms with Gasteiger partial charge in [-0.1, -0.05) is 41.1 Å². The molecule has 0 atom stereocenters. The molecule has 0 fully saturated rings. The molecule has 0 saturated carbocycles. The van der Waals surface area contributed by atoms with E-state index in [0.717, 1.165) is 10.3 Å². The first-order valence-electron chi connectivity index (χ1n) is 7.29. The van der Waals surface area contributed by atoms with Gasteiger partial charge in [-0.3, -0.25) is 10.1 Å². The standard InChI is InChI=1S/C18H13ClN2O3S/c1-24-17(23)12-6-8-14-15(10-12)25-18(20-14)21-16(22)9-7-11-4-2-3-5-13(11)19/h2-10H,1H3,(H,20,21,22)/b9-7+. The number of halogens is 1. The topological polar surface area (TPSA) is 68.3 Å². The van der Waals surface area contributed by atoms with Crippen molar-refractivity contribution in [2.24, 2.45) is 0 Å². The molecule has 0 aliphatic rings. The second-order valence-corrected chi connectivity index (χ2v) is 6.48. The zero-order chi connectivity index (χ0) is 17.8. The van der Waals surface area contributed by atoms with E-state index in [2.05, 4.69) is 10.3 Å². The fraction of sp³-hybridized carbons (Fsp3) is 0.0556. The van der Waals surface area contributed by atoms with E-state index in [-0.39, 0.29) is 5.91 Å². The number of hydrogen-bond acceptors (Lipinski definition) is 5. The average molecular weight is 373 g/mol. The van der Waals surface area contributed by atoms with Crippen LogP contribution in [0.5, 0.6) is 0 Å². The second-order valence-electron chi connectivity index (χ2n) is 5.04. The van der Waals surface area contributed by atoms with Crippen LogP contribution < -0.4 is 5.32 Å². The summed E-state index contributed by atoms with van der Waals surface area (Å²) in [6, 6.07) is 12.3. The molecular weight excluding hydrogens is 360 g/mol. The summed E-state index contributed by atoms with van der Waals surface area (Å²) >= 11 is 7.32. The van der Waals surface area contributed by atoms with Gasteiger partial charge in [-0.15, -0.1) is 0 Å². The lowest BCUT2D eigenvalue weighted by atomic mass is 10.2. The molecule has 0 aliphatic carbocycles. The first-order chi connectivity index (χ1) is 12.1. The van der Waals surface area contributed by atoms with Crippen molar-refractivity contribution < 1.29 is 14.3 Å². The molecule has 2 aromatic carbocycles. The Morgan fingerprint density at radius 1 is 1.24 bits per heavy atom. The predicted octanol–water partition coefficient (Wildman–Crippen LogP) is 4.39. The number of aromatic nitrogens is 1. The molecule has 0 unspecified atom stereocenters. The Balaban J connectivity index is 1.75. The summed E-state index contributed by atoms with van der Waals surface area (Å²) in [5.41, 5.74) is 1.89. The molecule has 1 amide bonds. The quantitative estimate of drug-likeness (QED) is 0.544. The van der Waals surface area contributed by atoms with Crippen molar-refractivity contribution in [1.29, 1.82) is 0 Å². The number of nitrogens with zero attached hydrogens (tertiary/aromatic N) is 1. The minimum absolute atomic E-state index is 0.313. The van der Waals surface area contributed by atoms with Gasteiger partial charge in [-0.05, 0) is 35.9 Å². The third kappa shape index (κ3) is 4.04.